The number of amides is 2. The van der Waals surface area contributed by atoms with Gasteiger partial charge >= 0.3 is 0 Å². The average Bonchev–Trinajstić information content (AvgIpc) is 3.00. The van der Waals surface area contributed by atoms with E-state index in [1.165, 1.54) is 0 Å². The van der Waals surface area contributed by atoms with Crippen LogP contribution in [0.25, 0.3) is 10.9 Å². The molecule has 0 unspecified atom stereocenters. The lowest BCUT2D eigenvalue weighted by atomic mass is 10.1. The summed E-state index contributed by atoms with van der Waals surface area (Å²) in [6.45, 7) is 0. The van der Waals surface area contributed by atoms with Crippen LogP contribution in [0.1, 0.15) is 22.0 Å². The van der Waals surface area contributed by atoms with Gasteiger partial charge in [-0.15, -0.1) is 0 Å². The van der Waals surface area contributed by atoms with Crippen LogP contribution in [-0.2, 0) is 4.79 Å². The summed E-state index contributed by atoms with van der Waals surface area (Å²) in [7, 11) is 0. The van der Waals surface area contributed by atoms with E-state index in [9.17, 15) is 14.7 Å². The van der Waals surface area contributed by atoms with E-state index in [1.807, 2.05) is 0 Å². The number of rotatable bonds is 3. The number of nitrogens with zero attached hydrogens (tertiary/aromatic N) is 1. The normalized spacial score (nSPS) is 11.9. The summed E-state index contributed by atoms with van der Waals surface area (Å²) in [4.78, 5) is 24.0. The molecule has 1 aromatic heterocycles. The van der Waals surface area contributed by atoms with Gasteiger partial charge in [0.1, 0.15) is 0 Å². The van der Waals surface area contributed by atoms with Gasteiger partial charge in [0.25, 0.3) is 11.8 Å². The number of aliphatic hydroxyl groups is 1. The fourth-order valence-electron chi connectivity index (χ4n) is 2.22. The van der Waals surface area contributed by atoms with E-state index in [-0.39, 0.29) is 5.82 Å². The number of nitrogen functional groups attached to an aromatic ring is 1. The molecular weight excluding hydrogens is 310 g/mol. The summed E-state index contributed by atoms with van der Waals surface area (Å²) < 4.78 is 0. The van der Waals surface area contributed by atoms with E-state index < -0.39 is 17.9 Å². The third-order valence-corrected chi connectivity index (χ3v) is 3.52. The summed E-state index contributed by atoms with van der Waals surface area (Å²) in [6.07, 6.45) is -1.38. The van der Waals surface area contributed by atoms with Crippen molar-refractivity contribution in [1.82, 2.24) is 21.0 Å². The lowest BCUT2D eigenvalue weighted by Gasteiger charge is -2.12. The van der Waals surface area contributed by atoms with E-state index in [4.69, 9.17) is 5.73 Å². The monoisotopic (exact) mass is 325 g/mol. The van der Waals surface area contributed by atoms with Crippen molar-refractivity contribution in [2.24, 2.45) is 0 Å². The van der Waals surface area contributed by atoms with Crippen molar-refractivity contribution in [2.75, 3.05) is 5.73 Å². The molecule has 8 nitrogen and oxygen atoms in total. The first-order chi connectivity index (χ1) is 11.6. The third kappa shape index (κ3) is 3.03. The Morgan fingerprint density at radius 2 is 1.88 bits per heavy atom. The molecule has 0 aliphatic heterocycles. The van der Waals surface area contributed by atoms with E-state index in [1.54, 1.807) is 48.5 Å². The minimum atomic E-state index is -1.38. The Morgan fingerprint density at radius 3 is 2.62 bits per heavy atom. The molecule has 6 N–H and O–H groups in total. The number of H-pyrrole nitrogens is 1. The molecule has 0 saturated carbocycles. The largest absolute Gasteiger partial charge is 0.382 e. The third-order valence-electron chi connectivity index (χ3n) is 3.52. The van der Waals surface area contributed by atoms with Gasteiger partial charge in [-0.3, -0.25) is 25.5 Å². The number of hydrogen-bond donors (Lipinski definition) is 5. The van der Waals surface area contributed by atoms with Gasteiger partial charge in [-0.1, -0.05) is 30.3 Å². The van der Waals surface area contributed by atoms with Crippen molar-refractivity contribution in [3.63, 3.8) is 0 Å². The zero-order valence-electron chi connectivity index (χ0n) is 12.5. The van der Waals surface area contributed by atoms with E-state index in [0.29, 0.717) is 22.0 Å². The van der Waals surface area contributed by atoms with Gasteiger partial charge < -0.3 is 10.8 Å². The Kier molecular flexibility index (Phi) is 4.13. The first-order valence-corrected chi connectivity index (χ1v) is 7.13. The molecule has 2 aromatic carbocycles. The highest BCUT2D eigenvalue weighted by atomic mass is 16.3. The Labute approximate surface area is 136 Å². The Balaban J connectivity index is 1.66. The SMILES string of the molecule is Nc1n[nH]c2ccc(C(=O)NNC(=O)[C@H](O)c3ccccc3)cc12. The lowest BCUT2D eigenvalue weighted by molar-refractivity contribution is -0.130. The summed E-state index contributed by atoms with van der Waals surface area (Å²) in [5.41, 5.74) is 11.6. The second-order valence-electron chi connectivity index (χ2n) is 5.13. The van der Waals surface area contributed by atoms with Gasteiger partial charge in [-0.05, 0) is 23.8 Å². The molecule has 0 fully saturated rings. The number of carbonyl (C=O) groups excluding carboxylic acids is 2. The molecule has 0 spiro atoms. The highest BCUT2D eigenvalue weighted by Gasteiger charge is 2.18. The van der Waals surface area contributed by atoms with Gasteiger partial charge in [0.05, 0.1) is 5.52 Å². The maximum Gasteiger partial charge on any atom is 0.271 e. The molecule has 0 radical (unpaired) electrons. The van der Waals surface area contributed by atoms with Gasteiger partial charge in [0.2, 0.25) is 0 Å². The standard InChI is InChI=1S/C16H15N5O3/c17-14-11-8-10(6-7-12(11)18-19-14)15(23)20-21-16(24)13(22)9-4-2-1-3-5-9/h1-8,13,22H,(H,20,23)(H,21,24)(H3,17,18,19)/t13-/m1/s1. The predicted octanol–water partition coefficient (Wildman–Crippen LogP) is 0.640. The zero-order chi connectivity index (χ0) is 17.1. The van der Waals surface area contributed by atoms with E-state index >= 15 is 0 Å². The molecule has 3 rings (SSSR count). The number of carbonyl (C=O) groups is 2. The molecule has 3 aromatic rings. The highest BCUT2D eigenvalue weighted by Crippen LogP contribution is 2.19. The van der Waals surface area contributed by atoms with Crippen molar-refractivity contribution in [3.05, 3.63) is 59.7 Å². The fourth-order valence-corrected chi connectivity index (χ4v) is 2.22. The van der Waals surface area contributed by atoms with E-state index in [0.717, 1.165) is 0 Å². The Bertz CT molecular complexity index is 891. The number of hydrazine groups is 1. The molecule has 2 amide bonds. The van der Waals surface area contributed by atoms with Crippen molar-refractivity contribution < 1.29 is 14.7 Å². The second-order valence-corrected chi connectivity index (χ2v) is 5.13. The van der Waals surface area contributed by atoms with Crippen LogP contribution in [0.3, 0.4) is 0 Å². The zero-order valence-corrected chi connectivity index (χ0v) is 12.5. The highest BCUT2D eigenvalue weighted by molar-refractivity contribution is 6.00. The molecular formula is C16H15N5O3. The van der Waals surface area contributed by atoms with Crippen molar-refractivity contribution in [3.8, 4) is 0 Å². The van der Waals surface area contributed by atoms with Gasteiger partial charge in [-0.25, -0.2) is 0 Å². The maximum atomic E-state index is 12.1. The Hall–Kier alpha value is -3.39. The van der Waals surface area contributed by atoms with Crippen LogP contribution in [0.4, 0.5) is 5.82 Å². The van der Waals surface area contributed by atoms with Crippen molar-refractivity contribution in [2.45, 2.75) is 6.10 Å². The predicted molar refractivity (Wildman–Crippen MR) is 87.5 cm³/mol. The number of aromatic nitrogens is 2. The van der Waals surface area contributed by atoms with Crippen molar-refractivity contribution >= 4 is 28.5 Å². The van der Waals surface area contributed by atoms with Crippen molar-refractivity contribution in [1.29, 1.82) is 0 Å². The summed E-state index contributed by atoms with van der Waals surface area (Å²) in [5.74, 6) is -0.993. The van der Waals surface area contributed by atoms with Crippen LogP contribution in [0, 0.1) is 0 Å². The molecule has 0 aliphatic rings. The van der Waals surface area contributed by atoms with Crippen LogP contribution in [0.15, 0.2) is 48.5 Å². The molecule has 122 valence electrons. The molecule has 0 aliphatic carbocycles. The minimum Gasteiger partial charge on any atom is -0.382 e. The summed E-state index contributed by atoms with van der Waals surface area (Å²) in [6, 6.07) is 13.2. The van der Waals surface area contributed by atoms with E-state index in [2.05, 4.69) is 21.0 Å². The topological polar surface area (TPSA) is 133 Å². The number of hydrogen-bond acceptors (Lipinski definition) is 5. The number of aliphatic hydroxyl groups excluding tert-OH is 1. The first kappa shape index (κ1) is 15.5. The molecule has 0 saturated heterocycles. The van der Waals surface area contributed by atoms with Gasteiger partial charge in [0, 0.05) is 10.9 Å². The molecule has 0 bridgehead atoms. The number of aromatic amines is 1. The first-order valence-electron chi connectivity index (χ1n) is 7.13. The molecule has 1 heterocycles. The van der Waals surface area contributed by atoms with Gasteiger partial charge in [-0.2, -0.15) is 5.10 Å². The number of nitrogens with two attached hydrogens (primary N) is 1. The fraction of sp³-hybridized carbons (Fsp3) is 0.0625. The van der Waals surface area contributed by atoms with Crippen LogP contribution in [0.5, 0.6) is 0 Å². The number of benzene rings is 2. The quantitative estimate of drug-likeness (QED) is 0.451. The maximum absolute atomic E-state index is 12.1. The summed E-state index contributed by atoms with van der Waals surface area (Å²) >= 11 is 0. The molecule has 1 atom stereocenters. The number of nitrogens with one attached hydrogen (secondary N) is 3. The lowest BCUT2D eigenvalue weighted by Crippen LogP contribution is -2.43. The molecule has 8 heteroatoms. The Morgan fingerprint density at radius 1 is 1.12 bits per heavy atom. The molecule has 24 heavy (non-hydrogen) atoms. The minimum absolute atomic E-state index is 0.281. The van der Waals surface area contributed by atoms with Gasteiger partial charge in [0.15, 0.2) is 11.9 Å². The number of fused-ring (bicyclic) bond motifs is 1. The van der Waals surface area contributed by atoms with Crippen LogP contribution >= 0.6 is 0 Å². The van der Waals surface area contributed by atoms with Crippen LogP contribution in [0.2, 0.25) is 0 Å². The second kappa shape index (κ2) is 6.39. The van der Waals surface area contributed by atoms with Crippen LogP contribution < -0.4 is 16.6 Å². The average molecular weight is 325 g/mol. The number of anilines is 1. The smallest absolute Gasteiger partial charge is 0.271 e. The van der Waals surface area contributed by atoms with Crippen LogP contribution in [-0.4, -0.2) is 27.1 Å². The summed E-state index contributed by atoms with van der Waals surface area (Å²) in [5, 5.41) is 17.1.